The Labute approximate surface area is 112 Å². The fourth-order valence-corrected chi connectivity index (χ4v) is 6.41. The molecular weight excluding hydrogens is 276 g/mol. The molecule has 17 heavy (non-hydrogen) atoms. The molecular formula is C12H17ClO2S2. The maximum absolute atomic E-state index is 12.0. The number of aryl methyl sites for hydroxylation is 2. The van der Waals surface area contributed by atoms with Crippen molar-refractivity contribution < 1.29 is 8.42 Å². The summed E-state index contributed by atoms with van der Waals surface area (Å²) in [4.78, 5) is 2.22. The highest BCUT2D eigenvalue weighted by atomic mass is 35.5. The van der Waals surface area contributed by atoms with Gasteiger partial charge in [-0.15, -0.1) is 22.9 Å². The van der Waals surface area contributed by atoms with Crippen molar-refractivity contribution in [2.75, 3.05) is 5.75 Å². The molecule has 0 spiro atoms. The van der Waals surface area contributed by atoms with Gasteiger partial charge in [-0.25, -0.2) is 8.42 Å². The molecule has 0 aliphatic carbocycles. The first-order chi connectivity index (χ1) is 7.92. The summed E-state index contributed by atoms with van der Waals surface area (Å²) >= 11 is 8.04. The Morgan fingerprint density at radius 1 is 1.41 bits per heavy atom. The first-order valence-electron chi connectivity index (χ1n) is 5.84. The maximum Gasteiger partial charge on any atom is 0.154 e. The smallest absolute Gasteiger partial charge is 0.154 e. The summed E-state index contributed by atoms with van der Waals surface area (Å²) in [6, 6.07) is 2.07. The summed E-state index contributed by atoms with van der Waals surface area (Å²) in [6.45, 7) is 4.03. The van der Waals surface area contributed by atoms with Crippen molar-refractivity contribution in [2.24, 2.45) is 0 Å². The second-order valence-corrected chi connectivity index (χ2v) is 8.80. The number of thiophene rings is 1. The molecule has 0 radical (unpaired) electrons. The van der Waals surface area contributed by atoms with Crippen LogP contribution >= 0.6 is 22.9 Å². The van der Waals surface area contributed by atoms with E-state index in [1.807, 2.05) is 13.8 Å². The molecule has 1 aromatic rings. The molecule has 2 rings (SSSR count). The van der Waals surface area contributed by atoms with Gasteiger partial charge < -0.3 is 0 Å². The molecule has 1 aromatic heterocycles. The second-order valence-electron chi connectivity index (χ2n) is 4.71. The lowest BCUT2D eigenvalue weighted by atomic mass is 10.1. The lowest BCUT2D eigenvalue weighted by Crippen LogP contribution is -2.31. The number of sulfone groups is 1. The monoisotopic (exact) mass is 292 g/mol. The Balaban J connectivity index is 2.31. The standard InChI is InChI=1S/C12H17ClO2S2/c1-8-7-9(2)16-12(8)11(13)10-5-3-4-6-17(10,14)15/h7,10-11H,3-6H2,1-2H3. The Morgan fingerprint density at radius 2 is 2.12 bits per heavy atom. The third kappa shape index (κ3) is 2.69. The Bertz CT molecular complexity index is 505. The fraction of sp³-hybridized carbons (Fsp3) is 0.667. The predicted molar refractivity (Wildman–Crippen MR) is 73.8 cm³/mol. The molecule has 2 nitrogen and oxygen atoms in total. The molecule has 2 heterocycles. The molecule has 0 N–H and O–H groups in total. The third-order valence-electron chi connectivity index (χ3n) is 3.29. The largest absolute Gasteiger partial charge is 0.228 e. The van der Waals surface area contributed by atoms with Gasteiger partial charge in [0.25, 0.3) is 0 Å². The molecule has 2 atom stereocenters. The van der Waals surface area contributed by atoms with Crippen LogP contribution in [0.1, 0.15) is 40.0 Å². The highest BCUT2D eigenvalue weighted by Gasteiger charge is 2.36. The average Bonchev–Trinajstić information content (AvgIpc) is 2.56. The van der Waals surface area contributed by atoms with E-state index in [2.05, 4.69) is 6.07 Å². The van der Waals surface area contributed by atoms with Crippen molar-refractivity contribution in [1.82, 2.24) is 0 Å². The molecule has 2 unspecified atom stereocenters. The molecule has 96 valence electrons. The maximum atomic E-state index is 12.0. The van der Waals surface area contributed by atoms with E-state index >= 15 is 0 Å². The summed E-state index contributed by atoms with van der Waals surface area (Å²) < 4.78 is 24.1. The van der Waals surface area contributed by atoms with Crippen LogP contribution in [0.15, 0.2) is 6.07 Å². The summed E-state index contributed by atoms with van der Waals surface area (Å²) in [6.07, 6.45) is 2.45. The van der Waals surface area contributed by atoms with E-state index in [9.17, 15) is 8.42 Å². The molecule has 1 fully saturated rings. The van der Waals surface area contributed by atoms with E-state index in [1.165, 1.54) is 4.88 Å². The lowest BCUT2D eigenvalue weighted by Gasteiger charge is -2.26. The highest BCUT2D eigenvalue weighted by Crippen LogP contribution is 2.40. The number of alkyl halides is 1. The molecule has 0 bridgehead atoms. The molecule has 1 aliphatic rings. The van der Waals surface area contributed by atoms with Crippen LogP contribution in [0.2, 0.25) is 0 Å². The molecule has 1 aliphatic heterocycles. The Hall–Kier alpha value is -0.0600. The zero-order valence-electron chi connectivity index (χ0n) is 10.1. The minimum absolute atomic E-state index is 0.296. The van der Waals surface area contributed by atoms with E-state index in [0.717, 1.165) is 23.3 Å². The summed E-state index contributed by atoms with van der Waals surface area (Å²) in [5.41, 5.74) is 1.12. The van der Waals surface area contributed by atoms with Crippen LogP contribution in [0.4, 0.5) is 0 Å². The van der Waals surface area contributed by atoms with Crippen molar-refractivity contribution in [2.45, 2.75) is 43.7 Å². The molecule has 1 saturated heterocycles. The van der Waals surface area contributed by atoms with Gasteiger partial charge in [-0.2, -0.15) is 0 Å². The zero-order valence-corrected chi connectivity index (χ0v) is 12.5. The summed E-state index contributed by atoms with van der Waals surface area (Å²) in [5, 5.41) is -0.770. The van der Waals surface area contributed by atoms with Crippen LogP contribution in [0.3, 0.4) is 0 Å². The quantitative estimate of drug-likeness (QED) is 0.780. The van der Waals surface area contributed by atoms with E-state index in [0.29, 0.717) is 12.2 Å². The normalized spacial score (nSPS) is 25.7. The van der Waals surface area contributed by atoms with Gasteiger partial charge in [0.15, 0.2) is 9.84 Å². The number of rotatable bonds is 2. The van der Waals surface area contributed by atoms with E-state index in [1.54, 1.807) is 11.3 Å². The molecule has 5 heteroatoms. The van der Waals surface area contributed by atoms with Crippen LogP contribution in [0.5, 0.6) is 0 Å². The average molecular weight is 293 g/mol. The van der Waals surface area contributed by atoms with Crippen LogP contribution in [-0.4, -0.2) is 19.4 Å². The number of hydrogen-bond acceptors (Lipinski definition) is 3. The fourth-order valence-electron chi connectivity index (χ4n) is 2.41. The van der Waals surface area contributed by atoms with Crippen LogP contribution in [0, 0.1) is 13.8 Å². The predicted octanol–water partition coefficient (Wildman–Crippen LogP) is 3.61. The highest BCUT2D eigenvalue weighted by molar-refractivity contribution is 7.92. The number of hydrogen-bond donors (Lipinski definition) is 0. The van der Waals surface area contributed by atoms with Gasteiger partial charge in [0.2, 0.25) is 0 Å². The second kappa shape index (κ2) is 4.90. The first-order valence-corrected chi connectivity index (χ1v) is 8.81. The lowest BCUT2D eigenvalue weighted by molar-refractivity contribution is 0.535. The van der Waals surface area contributed by atoms with Gasteiger partial charge in [-0.3, -0.25) is 0 Å². The molecule has 0 saturated carbocycles. The molecule has 0 aromatic carbocycles. The summed E-state index contributed by atoms with van der Waals surface area (Å²) in [7, 11) is -3.00. The van der Waals surface area contributed by atoms with Gasteiger partial charge in [0.05, 0.1) is 16.4 Å². The summed E-state index contributed by atoms with van der Waals surface area (Å²) in [5.74, 6) is 0.296. The van der Waals surface area contributed by atoms with Crippen molar-refractivity contribution in [3.8, 4) is 0 Å². The van der Waals surface area contributed by atoms with Crippen molar-refractivity contribution in [1.29, 1.82) is 0 Å². The van der Waals surface area contributed by atoms with Gasteiger partial charge >= 0.3 is 0 Å². The van der Waals surface area contributed by atoms with E-state index in [4.69, 9.17) is 11.6 Å². The van der Waals surface area contributed by atoms with Gasteiger partial charge in [-0.05, 0) is 38.3 Å². The van der Waals surface area contributed by atoms with Crippen molar-refractivity contribution in [3.05, 3.63) is 21.4 Å². The first kappa shape index (κ1) is 13.4. The van der Waals surface area contributed by atoms with Gasteiger partial charge in [0, 0.05) is 9.75 Å². The van der Waals surface area contributed by atoms with Crippen molar-refractivity contribution in [3.63, 3.8) is 0 Å². The Kier molecular flexibility index (Phi) is 3.86. The molecule has 0 amide bonds. The van der Waals surface area contributed by atoms with Crippen molar-refractivity contribution >= 4 is 32.8 Å². The minimum atomic E-state index is -3.00. The topological polar surface area (TPSA) is 34.1 Å². The van der Waals surface area contributed by atoms with Crippen LogP contribution in [-0.2, 0) is 9.84 Å². The minimum Gasteiger partial charge on any atom is -0.228 e. The van der Waals surface area contributed by atoms with E-state index in [-0.39, 0.29) is 5.38 Å². The van der Waals surface area contributed by atoms with Crippen LogP contribution < -0.4 is 0 Å². The zero-order chi connectivity index (χ0) is 12.6. The third-order valence-corrected chi connectivity index (χ3v) is 7.61. The van der Waals surface area contributed by atoms with E-state index < -0.39 is 15.1 Å². The SMILES string of the molecule is Cc1cc(C)c(C(Cl)C2CCCCS2(=O)=O)s1. The van der Waals surface area contributed by atoms with Gasteiger partial charge in [-0.1, -0.05) is 6.42 Å². The Morgan fingerprint density at radius 3 is 2.65 bits per heavy atom. The van der Waals surface area contributed by atoms with Gasteiger partial charge in [0.1, 0.15) is 0 Å². The van der Waals surface area contributed by atoms with Crippen LogP contribution in [0.25, 0.3) is 0 Å². The number of halogens is 1.